The van der Waals surface area contributed by atoms with Crippen molar-refractivity contribution >= 4 is 55.7 Å². The van der Waals surface area contributed by atoms with E-state index in [-0.39, 0.29) is 5.91 Å². The molecule has 0 saturated carbocycles. The Morgan fingerprint density at radius 2 is 1.63 bits per heavy atom. The highest BCUT2D eigenvalue weighted by atomic mass is 79.9. The van der Waals surface area contributed by atoms with Crippen molar-refractivity contribution in [2.24, 2.45) is 0 Å². The van der Waals surface area contributed by atoms with Crippen LogP contribution in [0.4, 0.5) is 21.3 Å². The Morgan fingerprint density at radius 1 is 0.967 bits per heavy atom. The fourth-order valence-electron chi connectivity index (χ4n) is 3.20. The molecule has 3 rings (SSSR count). The molecule has 2 aromatic carbocycles. The molecule has 156 valence electrons. The number of carbonyl (C=O) groups excluding carboxylic acids is 2. The molecule has 0 saturated heterocycles. The maximum Gasteiger partial charge on any atom is 0.325 e. The lowest BCUT2D eigenvalue weighted by atomic mass is 10.1. The fraction of sp³-hybridized carbons (Fsp3) is 0.227. The first-order valence-electron chi connectivity index (χ1n) is 9.35. The lowest BCUT2D eigenvalue weighted by molar-refractivity contribution is 0.102. The standard InChI is InChI=1S/C22H23BrN4O2S/c1-11-9-12(2)18(13(3)10-11)26-20(28)19-15(5)24-22(30-19)27-21(29)25-17-8-6-7-16(23)14(17)4/h6-10H,1-5H3,(H,26,28)(H2,24,25,27,29). The predicted octanol–water partition coefficient (Wildman–Crippen LogP) is 6.34. The summed E-state index contributed by atoms with van der Waals surface area (Å²) < 4.78 is 0.908. The summed E-state index contributed by atoms with van der Waals surface area (Å²) in [7, 11) is 0. The summed E-state index contributed by atoms with van der Waals surface area (Å²) in [6.07, 6.45) is 0. The molecule has 3 N–H and O–H groups in total. The van der Waals surface area contributed by atoms with Gasteiger partial charge in [-0.3, -0.25) is 10.1 Å². The van der Waals surface area contributed by atoms with Crippen molar-refractivity contribution in [2.45, 2.75) is 34.6 Å². The van der Waals surface area contributed by atoms with E-state index in [1.165, 1.54) is 0 Å². The topological polar surface area (TPSA) is 83.1 Å². The van der Waals surface area contributed by atoms with Crippen LogP contribution in [0.25, 0.3) is 0 Å². The minimum absolute atomic E-state index is 0.239. The van der Waals surface area contributed by atoms with Gasteiger partial charge in [-0.05, 0) is 63.4 Å². The number of amides is 3. The lowest BCUT2D eigenvalue weighted by Crippen LogP contribution is -2.19. The molecule has 0 radical (unpaired) electrons. The van der Waals surface area contributed by atoms with Gasteiger partial charge in [0.2, 0.25) is 0 Å². The highest BCUT2D eigenvalue weighted by molar-refractivity contribution is 9.10. The minimum atomic E-state index is -0.415. The molecule has 8 heteroatoms. The third-order valence-corrected chi connectivity index (χ3v) is 6.59. The number of hydrogen-bond donors (Lipinski definition) is 3. The lowest BCUT2D eigenvalue weighted by Gasteiger charge is -2.12. The third-order valence-electron chi connectivity index (χ3n) is 4.65. The Morgan fingerprint density at radius 3 is 2.30 bits per heavy atom. The van der Waals surface area contributed by atoms with Crippen molar-refractivity contribution in [1.29, 1.82) is 0 Å². The van der Waals surface area contributed by atoms with E-state index in [4.69, 9.17) is 0 Å². The van der Waals surface area contributed by atoms with Crippen LogP contribution in [0, 0.1) is 34.6 Å². The van der Waals surface area contributed by atoms with E-state index in [1.807, 2.05) is 58.0 Å². The van der Waals surface area contributed by atoms with E-state index in [9.17, 15) is 9.59 Å². The average Bonchev–Trinajstić information content (AvgIpc) is 3.02. The van der Waals surface area contributed by atoms with E-state index in [0.717, 1.165) is 43.8 Å². The number of carbonyl (C=O) groups is 2. The summed E-state index contributed by atoms with van der Waals surface area (Å²) in [4.78, 5) is 30.0. The van der Waals surface area contributed by atoms with E-state index in [0.29, 0.717) is 21.4 Å². The van der Waals surface area contributed by atoms with Gasteiger partial charge in [-0.15, -0.1) is 0 Å². The predicted molar refractivity (Wildman–Crippen MR) is 127 cm³/mol. The number of urea groups is 1. The maximum atomic E-state index is 12.8. The number of nitrogens with one attached hydrogen (secondary N) is 3. The van der Waals surface area contributed by atoms with Gasteiger partial charge in [-0.1, -0.05) is 51.0 Å². The van der Waals surface area contributed by atoms with Gasteiger partial charge in [0.25, 0.3) is 5.91 Å². The van der Waals surface area contributed by atoms with Gasteiger partial charge < -0.3 is 10.6 Å². The first-order valence-corrected chi connectivity index (χ1v) is 11.0. The van der Waals surface area contributed by atoms with E-state index in [2.05, 4.69) is 36.9 Å². The number of hydrogen-bond acceptors (Lipinski definition) is 4. The van der Waals surface area contributed by atoms with Crippen LogP contribution >= 0.6 is 27.3 Å². The van der Waals surface area contributed by atoms with Crippen LogP contribution < -0.4 is 16.0 Å². The van der Waals surface area contributed by atoms with Crippen LogP contribution in [-0.2, 0) is 0 Å². The number of halogens is 1. The van der Waals surface area contributed by atoms with Crippen molar-refractivity contribution in [1.82, 2.24) is 4.98 Å². The first-order chi connectivity index (χ1) is 14.2. The minimum Gasteiger partial charge on any atom is -0.321 e. The number of nitrogens with zero attached hydrogens (tertiary/aromatic N) is 1. The Kier molecular flexibility index (Phi) is 6.58. The molecule has 6 nitrogen and oxygen atoms in total. The molecule has 0 aliphatic carbocycles. The zero-order valence-corrected chi connectivity index (χ0v) is 19.8. The smallest absolute Gasteiger partial charge is 0.321 e. The summed E-state index contributed by atoms with van der Waals surface area (Å²) in [6, 6.07) is 9.22. The van der Waals surface area contributed by atoms with E-state index in [1.54, 1.807) is 6.92 Å². The number of aromatic nitrogens is 1. The van der Waals surface area contributed by atoms with Crippen LogP contribution in [0.2, 0.25) is 0 Å². The number of rotatable bonds is 4. The fourth-order valence-corrected chi connectivity index (χ4v) is 4.42. The summed E-state index contributed by atoms with van der Waals surface area (Å²) in [5.41, 5.74) is 6.14. The zero-order chi connectivity index (χ0) is 22.0. The quantitative estimate of drug-likeness (QED) is 0.401. The molecule has 0 bridgehead atoms. The number of anilines is 3. The molecular weight excluding hydrogens is 464 g/mol. The Bertz CT molecular complexity index is 1120. The van der Waals surface area contributed by atoms with Gasteiger partial charge in [0.1, 0.15) is 4.88 Å². The molecule has 1 aromatic heterocycles. The Labute approximate surface area is 188 Å². The number of thiazole rings is 1. The third kappa shape index (κ3) is 4.88. The molecule has 0 aliphatic heterocycles. The van der Waals surface area contributed by atoms with Gasteiger partial charge in [0.15, 0.2) is 5.13 Å². The highest BCUT2D eigenvalue weighted by Gasteiger charge is 2.18. The second-order valence-electron chi connectivity index (χ2n) is 7.15. The molecule has 1 heterocycles. The van der Waals surface area contributed by atoms with Crippen LogP contribution in [0.15, 0.2) is 34.8 Å². The van der Waals surface area contributed by atoms with E-state index >= 15 is 0 Å². The van der Waals surface area contributed by atoms with Gasteiger partial charge in [0.05, 0.1) is 5.69 Å². The summed E-state index contributed by atoms with van der Waals surface area (Å²) in [6.45, 7) is 9.62. The van der Waals surface area contributed by atoms with Crippen LogP contribution in [0.1, 0.15) is 37.6 Å². The van der Waals surface area contributed by atoms with Crippen molar-refractivity contribution in [3.63, 3.8) is 0 Å². The van der Waals surface area contributed by atoms with Crippen LogP contribution in [0.5, 0.6) is 0 Å². The van der Waals surface area contributed by atoms with Crippen molar-refractivity contribution < 1.29 is 9.59 Å². The van der Waals surface area contributed by atoms with E-state index < -0.39 is 6.03 Å². The molecule has 30 heavy (non-hydrogen) atoms. The normalized spacial score (nSPS) is 10.6. The SMILES string of the molecule is Cc1cc(C)c(NC(=O)c2sc(NC(=O)Nc3cccc(Br)c3C)nc2C)c(C)c1. The van der Waals surface area contributed by atoms with Crippen molar-refractivity contribution in [3.8, 4) is 0 Å². The summed E-state index contributed by atoms with van der Waals surface area (Å²) in [5, 5.41) is 8.86. The molecular formula is C22H23BrN4O2S. The van der Waals surface area contributed by atoms with Gasteiger partial charge in [-0.25, -0.2) is 9.78 Å². The molecule has 0 atom stereocenters. The summed E-state index contributed by atoms with van der Waals surface area (Å²) >= 11 is 4.59. The van der Waals surface area contributed by atoms with Gasteiger partial charge in [-0.2, -0.15) is 0 Å². The second kappa shape index (κ2) is 8.97. The molecule has 0 spiro atoms. The Balaban J connectivity index is 1.73. The maximum absolute atomic E-state index is 12.8. The molecule has 3 amide bonds. The number of aryl methyl sites for hydroxylation is 4. The summed E-state index contributed by atoms with van der Waals surface area (Å²) in [5.74, 6) is -0.239. The molecule has 0 aliphatic rings. The highest BCUT2D eigenvalue weighted by Crippen LogP contribution is 2.27. The van der Waals surface area contributed by atoms with Crippen molar-refractivity contribution in [3.05, 3.63) is 67.6 Å². The van der Waals surface area contributed by atoms with Crippen LogP contribution in [-0.4, -0.2) is 16.9 Å². The molecule has 0 fully saturated rings. The van der Waals surface area contributed by atoms with Crippen LogP contribution in [0.3, 0.4) is 0 Å². The zero-order valence-electron chi connectivity index (χ0n) is 17.4. The van der Waals surface area contributed by atoms with Gasteiger partial charge >= 0.3 is 6.03 Å². The Hall–Kier alpha value is -2.71. The number of benzene rings is 2. The average molecular weight is 487 g/mol. The largest absolute Gasteiger partial charge is 0.325 e. The second-order valence-corrected chi connectivity index (χ2v) is 9.01. The van der Waals surface area contributed by atoms with Crippen molar-refractivity contribution in [2.75, 3.05) is 16.0 Å². The molecule has 3 aromatic rings. The molecule has 0 unspecified atom stereocenters. The first kappa shape index (κ1) is 22.0. The van der Waals surface area contributed by atoms with Gasteiger partial charge in [0, 0.05) is 15.8 Å². The monoisotopic (exact) mass is 486 g/mol.